The van der Waals surface area contributed by atoms with E-state index in [0.717, 1.165) is 13.1 Å². The van der Waals surface area contributed by atoms with E-state index in [1.807, 2.05) is 12.1 Å². The van der Waals surface area contributed by atoms with Gasteiger partial charge in [0, 0.05) is 20.1 Å². The minimum atomic E-state index is -3.43. The van der Waals surface area contributed by atoms with Gasteiger partial charge < -0.3 is 10.6 Å². The molecule has 0 saturated carbocycles. The molecule has 1 aromatic rings. The number of anilines is 1. The lowest BCUT2D eigenvalue weighted by Crippen LogP contribution is -2.39. The van der Waals surface area contributed by atoms with Crippen molar-refractivity contribution in [2.75, 3.05) is 32.5 Å². The molecule has 1 aliphatic rings. The summed E-state index contributed by atoms with van der Waals surface area (Å²) in [5, 5.41) is 6.79. The maximum atomic E-state index is 12.4. The molecule has 0 aromatic heterocycles. The maximum absolute atomic E-state index is 12.4. The third-order valence-electron chi connectivity index (χ3n) is 4.07. The van der Waals surface area contributed by atoms with Crippen LogP contribution in [0.15, 0.2) is 29.2 Å². The van der Waals surface area contributed by atoms with Crippen LogP contribution in [0.1, 0.15) is 19.8 Å². The fraction of sp³-hybridized carbons (Fsp3) is 0.600. The summed E-state index contributed by atoms with van der Waals surface area (Å²) in [7, 11) is -0.316. The summed E-state index contributed by atoms with van der Waals surface area (Å²) in [6.45, 7) is 4.18. The van der Waals surface area contributed by atoms with Gasteiger partial charge in [0.05, 0.1) is 5.69 Å². The van der Waals surface area contributed by atoms with Gasteiger partial charge in [-0.25, -0.2) is 12.7 Å². The summed E-state index contributed by atoms with van der Waals surface area (Å²) in [6, 6.07) is 7.35. The number of piperidine rings is 1. The van der Waals surface area contributed by atoms with Crippen molar-refractivity contribution in [3.8, 4) is 0 Å². The van der Waals surface area contributed by atoms with Crippen molar-refractivity contribution in [1.82, 2.24) is 9.62 Å². The van der Waals surface area contributed by atoms with Crippen LogP contribution in [0.25, 0.3) is 0 Å². The monoisotopic (exact) mass is 311 g/mol. The lowest BCUT2D eigenvalue weighted by atomic mass is 9.92. The largest absolute Gasteiger partial charge is 0.381 e. The molecular formula is C15H25N3O2S. The van der Waals surface area contributed by atoms with Gasteiger partial charge in [-0.3, -0.25) is 0 Å². The van der Waals surface area contributed by atoms with Crippen LogP contribution in [0.3, 0.4) is 0 Å². The summed E-state index contributed by atoms with van der Waals surface area (Å²) in [4.78, 5) is 0.339. The average molecular weight is 311 g/mol. The van der Waals surface area contributed by atoms with Crippen molar-refractivity contribution in [2.24, 2.45) is 5.92 Å². The lowest BCUT2D eigenvalue weighted by Gasteiger charge is -2.30. The Bertz CT molecular complexity index is 566. The molecule has 118 valence electrons. The normalized spacial score (nSPS) is 21.2. The fourth-order valence-corrected chi connectivity index (χ4v) is 3.73. The molecule has 21 heavy (non-hydrogen) atoms. The first-order valence-electron chi connectivity index (χ1n) is 7.41. The van der Waals surface area contributed by atoms with Gasteiger partial charge in [-0.1, -0.05) is 12.1 Å². The fourth-order valence-electron chi connectivity index (χ4n) is 2.68. The molecule has 0 radical (unpaired) electrons. The van der Waals surface area contributed by atoms with E-state index in [1.54, 1.807) is 26.2 Å². The number of nitrogens with zero attached hydrogens (tertiary/aromatic N) is 1. The number of benzene rings is 1. The van der Waals surface area contributed by atoms with Gasteiger partial charge in [0.25, 0.3) is 0 Å². The molecule has 6 heteroatoms. The second-order valence-corrected chi connectivity index (χ2v) is 7.94. The third-order valence-corrected chi connectivity index (χ3v) is 5.94. The molecule has 0 amide bonds. The van der Waals surface area contributed by atoms with Crippen molar-refractivity contribution >= 4 is 15.7 Å². The second kappa shape index (κ2) is 6.77. The summed E-state index contributed by atoms with van der Waals surface area (Å²) in [5.41, 5.74) is 0.685. The van der Waals surface area contributed by atoms with E-state index < -0.39 is 10.0 Å². The van der Waals surface area contributed by atoms with E-state index in [0.29, 0.717) is 16.5 Å². The summed E-state index contributed by atoms with van der Waals surface area (Å²) < 4.78 is 26.0. The van der Waals surface area contributed by atoms with Crippen molar-refractivity contribution in [3.63, 3.8) is 0 Å². The Labute approximate surface area is 127 Å². The first kappa shape index (κ1) is 16.3. The Morgan fingerprint density at radius 3 is 2.67 bits per heavy atom. The highest BCUT2D eigenvalue weighted by Gasteiger charge is 2.24. The Morgan fingerprint density at radius 1 is 1.33 bits per heavy atom. The molecule has 5 nitrogen and oxygen atoms in total. The second-order valence-electron chi connectivity index (χ2n) is 5.82. The maximum Gasteiger partial charge on any atom is 0.244 e. The number of hydrogen-bond acceptors (Lipinski definition) is 4. The van der Waals surface area contributed by atoms with Gasteiger partial charge >= 0.3 is 0 Å². The SMILES string of the molecule is CC(Nc1ccccc1S(=O)(=O)N(C)C)C1CCCNC1. The molecule has 2 N–H and O–H groups in total. The minimum absolute atomic E-state index is 0.233. The van der Waals surface area contributed by atoms with Gasteiger partial charge in [0.15, 0.2) is 0 Å². The Morgan fingerprint density at radius 2 is 2.05 bits per heavy atom. The number of sulfonamides is 1. The van der Waals surface area contributed by atoms with Crippen LogP contribution in [0.5, 0.6) is 0 Å². The summed E-state index contributed by atoms with van der Waals surface area (Å²) >= 11 is 0. The zero-order valence-electron chi connectivity index (χ0n) is 13.0. The van der Waals surface area contributed by atoms with Gasteiger partial charge in [0.2, 0.25) is 10.0 Å². The lowest BCUT2D eigenvalue weighted by molar-refractivity contribution is 0.347. The highest BCUT2D eigenvalue weighted by Crippen LogP contribution is 2.26. The highest BCUT2D eigenvalue weighted by atomic mass is 32.2. The van der Waals surface area contributed by atoms with Crippen LogP contribution < -0.4 is 10.6 Å². The van der Waals surface area contributed by atoms with Crippen LogP contribution in [-0.4, -0.2) is 45.9 Å². The smallest absolute Gasteiger partial charge is 0.244 e. The zero-order chi connectivity index (χ0) is 15.5. The topological polar surface area (TPSA) is 61.4 Å². The van der Waals surface area contributed by atoms with Gasteiger partial charge in [-0.2, -0.15) is 0 Å². The highest BCUT2D eigenvalue weighted by molar-refractivity contribution is 7.89. The van der Waals surface area contributed by atoms with Crippen molar-refractivity contribution in [3.05, 3.63) is 24.3 Å². The van der Waals surface area contributed by atoms with Crippen LogP contribution in [-0.2, 0) is 10.0 Å². The molecule has 1 aliphatic heterocycles. The number of para-hydroxylation sites is 1. The van der Waals surface area contributed by atoms with Crippen LogP contribution in [0.4, 0.5) is 5.69 Å². The van der Waals surface area contributed by atoms with E-state index in [-0.39, 0.29) is 6.04 Å². The molecule has 2 rings (SSSR count). The third kappa shape index (κ3) is 3.75. The zero-order valence-corrected chi connectivity index (χ0v) is 13.8. The van der Waals surface area contributed by atoms with Crippen molar-refractivity contribution < 1.29 is 8.42 Å². The first-order chi connectivity index (χ1) is 9.93. The molecule has 1 fully saturated rings. The molecule has 0 spiro atoms. The van der Waals surface area contributed by atoms with Gasteiger partial charge in [-0.05, 0) is 50.9 Å². The predicted molar refractivity (Wildman–Crippen MR) is 86.0 cm³/mol. The molecule has 1 aromatic carbocycles. The summed E-state index contributed by atoms with van der Waals surface area (Å²) in [5.74, 6) is 0.522. The van der Waals surface area contributed by atoms with Crippen molar-refractivity contribution in [1.29, 1.82) is 0 Å². The molecule has 1 heterocycles. The molecule has 2 unspecified atom stereocenters. The van der Waals surface area contributed by atoms with Gasteiger partial charge in [-0.15, -0.1) is 0 Å². The predicted octanol–water partition coefficient (Wildman–Crippen LogP) is 1.74. The van der Waals surface area contributed by atoms with Crippen LogP contribution in [0, 0.1) is 5.92 Å². The van der Waals surface area contributed by atoms with Crippen LogP contribution >= 0.6 is 0 Å². The number of rotatable bonds is 5. The Balaban J connectivity index is 2.20. The van der Waals surface area contributed by atoms with E-state index in [2.05, 4.69) is 17.6 Å². The molecule has 0 bridgehead atoms. The summed E-state index contributed by atoms with van der Waals surface area (Å²) in [6.07, 6.45) is 2.35. The van der Waals surface area contributed by atoms with Crippen LogP contribution in [0.2, 0.25) is 0 Å². The van der Waals surface area contributed by atoms with E-state index in [4.69, 9.17) is 0 Å². The van der Waals surface area contributed by atoms with E-state index in [9.17, 15) is 8.42 Å². The molecule has 0 aliphatic carbocycles. The Kier molecular flexibility index (Phi) is 5.24. The van der Waals surface area contributed by atoms with E-state index in [1.165, 1.54) is 17.1 Å². The number of hydrogen-bond donors (Lipinski definition) is 2. The molecular weight excluding hydrogens is 286 g/mol. The minimum Gasteiger partial charge on any atom is -0.381 e. The van der Waals surface area contributed by atoms with Crippen molar-refractivity contribution in [2.45, 2.75) is 30.7 Å². The van der Waals surface area contributed by atoms with Gasteiger partial charge in [0.1, 0.15) is 4.90 Å². The molecule has 2 atom stereocenters. The average Bonchev–Trinajstić information content (AvgIpc) is 2.48. The molecule has 1 saturated heterocycles. The number of nitrogens with one attached hydrogen (secondary N) is 2. The Hall–Kier alpha value is -1.11. The standard InChI is InChI=1S/C15H25N3O2S/c1-12(13-7-6-10-16-11-13)17-14-8-4-5-9-15(14)21(19,20)18(2)3/h4-5,8-9,12-13,16-17H,6-7,10-11H2,1-3H3. The first-order valence-corrected chi connectivity index (χ1v) is 8.85. The quantitative estimate of drug-likeness (QED) is 0.869. The van der Waals surface area contributed by atoms with E-state index >= 15 is 0 Å².